The summed E-state index contributed by atoms with van der Waals surface area (Å²) in [4.78, 5) is 26.1. The van der Waals surface area contributed by atoms with Crippen molar-refractivity contribution < 1.29 is 32.6 Å². The lowest BCUT2D eigenvalue weighted by molar-refractivity contribution is 0.102. The van der Waals surface area contributed by atoms with Crippen LogP contribution >= 0.6 is 0 Å². The molecule has 0 saturated carbocycles. The maximum Gasteiger partial charge on any atom is 0.259 e. The summed E-state index contributed by atoms with van der Waals surface area (Å²) in [6.07, 6.45) is -0.506. The van der Waals surface area contributed by atoms with Crippen LogP contribution in [0.2, 0.25) is 0 Å². The molecule has 0 aliphatic carbocycles. The van der Waals surface area contributed by atoms with Gasteiger partial charge in [-0.15, -0.1) is 0 Å². The summed E-state index contributed by atoms with van der Waals surface area (Å²) >= 11 is 0. The van der Waals surface area contributed by atoms with E-state index < -0.39 is 23.4 Å². The third-order valence-corrected chi connectivity index (χ3v) is 4.86. The first kappa shape index (κ1) is 26.5. The smallest absolute Gasteiger partial charge is 0.259 e. The van der Waals surface area contributed by atoms with Crippen molar-refractivity contribution in [3.05, 3.63) is 77.4 Å². The fourth-order valence-electron chi connectivity index (χ4n) is 3.35. The van der Waals surface area contributed by atoms with E-state index in [-0.39, 0.29) is 52.0 Å². The van der Waals surface area contributed by atoms with E-state index in [9.17, 15) is 18.4 Å². The molecule has 0 atom stereocenters. The molecule has 0 heterocycles. The van der Waals surface area contributed by atoms with Crippen molar-refractivity contribution in [3.63, 3.8) is 0 Å². The molecule has 2 N–H and O–H groups in total. The molecule has 36 heavy (non-hydrogen) atoms. The van der Waals surface area contributed by atoms with Crippen molar-refractivity contribution in [2.75, 3.05) is 17.7 Å². The van der Waals surface area contributed by atoms with Crippen molar-refractivity contribution in [3.8, 4) is 17.2 Å². The lowest BCUT2D eigenvalue weighted by atomic mass is 10.1. The van der Waals surface area contributed by atoms with Gasteiger partial charge in [-0.05, 0) is 70.2 Å². The Morgan fingerprint density at radius 1 is 0.722 bits per heavy atom. The third kappa shape index (κ3) is 6.29. The Hall–Kier alpha value is -4.14. The molecular formula is C27H28F2N2O5. The van der Waals surface area contributed by atoms with Gasteiger partial charge < -0.3 is 24.8 Å². The minimum atomic E-state index is -0.727. The van der Waals surface area contributed by atoms with Crippen LogP contribution < -0.4 is 24.8 Å². The maximum absolute atomic E-state index is 14.5. The van der Waals surface area contributed by atoms with E-state index in [1.807, 2.05) is 0 Å². The number of benzene rings is 3. The minimum absolute atomic E-state index is 0.0314. The van der Waals surface area contributed by atoms with Crippen LogP contribution in [0.15, 0.2) is 54.6 Å². The summed E-state index contributed by atoms with van der Waals surface area (Å²) in [5.74, 6) is -2.29. The number of nitrogens with one attached hydrogen (secondary N) is 2. The molecule has 0 fully saturated rings. The van der Waals surface area contributed by atoms with Crippen LogP contribution in [-0.4, -0.2) is 31.1 Å². The normalized spacial score (nSPS) is 10.8. The van der Waals surface area contributed by atoms with Crippen LogP contribution in [0.1, 0.15) is 48.4 Å². The van der Waals surface area contributed by atoms with Crippen molar-refractivity contribution in [2.45, 2.75) is 39.9 Å². The van der Waals surface area contributed by atoms with Crippen LogP contribution in [0, 0.1) is 11.6 Å². The van der Waals surface area contributed by atoms with E-state index in [1.165, 1.54) is 61.7 Å². The Morgan fingerprint density at radius 3 is 1.69 bits per heavy atom. The molecule has 0 aromatic heterocycles. The number of anilines is 2. The topological polar surface area (TPSA) is 85.9 Å². The second-order valence-electron chi connectivity index (χ2n) is 8.38. The van der Waals surface area contributed by atoms with Crippen molar-refractivity contribution in [2.24, 2.45) is 0 Å². The van der Waals surface area contributed by atoms with E-state index in [4.69, 9.17) is 14.2 Å². The van der Waals surface area contributed by atoms with Crippen LogP contribution in [0.25, 0.3) is 0 Å². The number of carbonyl (C=O) groups excluding carboxylic acids is 2. The average Bonchev–Trinajstić information content (AvgIpc) is 2.82. The number of halogens is 2. The summed E-state index contributed by atoms with van der Waals surface area (Å²) in [5, 5.41) is 5.00. The predicted octanol–water partition coefficient (Wildman–Crippen LogP) is 6.05. The van der Waals surface area contributed by atoms with E-state index in [2.05, 4.69) is 10.6 Å². The summed E-state index contributed by atoms with van der Waals surface area (Å²) in [5.41, 5.74) is -0.252. The van der Waals surface area contributed by atoms with Gasteiger partial charge in [0.1, 0.15) is 28.6 Å². The summed E-state index contributed by atoms with van der Waals surface area (Å²) < 4.78 is 45.5. The number of carbonyl (C=O) groups is 2. The molecule has 0 aliphatic rings. The zero-order valence-corrected chi connectivity index (χ0v) is 20.6. The Kier molecular flexibility index (Phi) is 8.47. The predicted molar refractivity (Wildman–Crippen MR) is 133 cm³/mol. The molecule has 0 spiro atoms. The quantitative estimate of drug-likeness (QED) is 0.375. The fourth-order valence-corrected chi connectivity index (χ4v) is 3.35. The van der Waals surface area contributed by atoms with Gasteiger partial charge in [0.05, 0.1) is 24.9 Å². The fraction of sp³-hybridized carbons (Fsp3) is 0.259. The zero-order chi connectivity index (χ0) is 26.4. The molecule has 0 radical (unpaired) electrons. The second-order valence-corrected chi connectivity index (χ2v) is 8.38. The standard InChI is InChI=1S/C27H28F2N2O5/c1-15(2)35-22-10-6-8-19(28)24(22)30-26(32)17-12-13-21(34-5)18(14-17)27(33)31-25-20(29)9-7-11-23(25)36-16(3)4/h6-16H,1-5H3,(H,30,32)(H,31,33). The average molecular weight is 499 g/mol. The SMILES string of the molecule is COc1ccc(C(=O)Nc2c(F)cccc2OC(C)C)cc1C(=O)Nc1c(F)cccc1OC(C)C. The molecule has 3 aromatic carbocycles. The first-order chi connectivity index (χ1) is 17.1. The number of ether oxygens (including phenoxy) is 3. The zero-order valence-electron chi connectivity index (χ0n) is 20.6. The number of para-hydroxylation sites is 2. The van der Waals surface area contributed by atoms with E-state index in [1.54, 1.807) is 27.7 Å². The van der Waals surface area contributed by atoms with Crippen molar-refractivity contribution in [1.29, 1.82) is 0 Å². The molecule has 2 amide bonds. The highest BCUT2D eigenvalue weighted by Gasteiger charge is 2.21. The molecule has 0 saturated heterocycles. The van der Waals surface area contributed by atoms with Gasteiger partial charge in [-0.1, -0.05) is 12.1 Å². The first-order valence-corrected chi connectivity index (χ1v) is 11.3. The van der Waals surface area contributed by atoms with Gasteiger partial charge in [0.2, 0.25) is 0 Å². The van der Waals surface area contributed by atoms with Crippen LogP contribution in [-0.2, 0) is 0 Å². The minimum Gasteiger partial charge on any atom is -0.496 e. The van der Waals surface area contributed by atoms with E-state index in [0.717, 1.165) is 0 Å². The Bertz CT molecular complexity index is 1260. The molecule has 3 rings (SSSR count). The molecule has 9 heteroatoms. The first-order valence-electron chi connectivity index (χ1n) is 11.3. The van der Waals surface area contributed by atoms with Gasteiger partial charge in [0.25, 0.3) is 11.8 Å². The van der Waals surface area contributed by atoms with Crippen LogP contribution in [0.4, 0.5) is 20.2 Å². The van der Waals surface area contributed by atoms with Crippen molar-refractivity contribution >= 4 is 23.2 Å². The lowest BCUT2D eigenvalue weighted by Gasteiger charge is -2.17. The maximum atomic E-state index is 14.5. The Labute approximate surface area is 208 Å². The number of rotatable bonds is 9. The highest BCUT2D eigenvalue weighted by molar-refractivity contribution is 6.10. The highest BCUT2D eigenvalue weighted by atomic mass is 19.1. The Morgan fingerprint density at radius 2 is 1.22 bits per heavy atom. The molecule has 190 valence electrons. The van der Waals surface area contributed by atoms with Crippen LogP contribution in [0.5, 0.6) is 17.2 Å². The largest absolute Gasteiger partial charge is 0.496 e. The van der Waals surface area contributed by atoms with Gasteiger partial charge in [-0.3, -0.25) is 9.59 Å². The second kappa shape index (κ2) is 11.5. The third-order valence-electron chi connectivity index (χ3n) is 4.86. The summed E-state index contributed by atoms with van der Waals surface area (Å²) in [7, 11) is 1.36. The van der Waals surface area contributed by atoms with E-state index >= 15 is 0 Å². The van der Waals surface area contributed by atoms with Gasteiger partial charge in [-0.2, -0.15) is 0 Å². The number of hydrogen-bond acceptors (Lipinski definition) is 5. The van der Waals surface area contributed by atoms with Crippen molar-refractivity contribution in [1.82, 2.24) is 0 Å². The van der Waals surface area contributed by atoms with Gasteiger partial charge >= 0.3 is 0 Å². The monoisotopic (exact) mass is 498 g/mol. The lowest BCUT2D eigenvalue weighted by Crippen LogP contribution is -2.19. The number of amides is 2. The number of hydrogen-bond donors (Lipinski definition) is 2. The molecule has 3 aromatic rings. The number of methoxy groups -OCH3 is 1. The Balaban J connectivity index is 1.92. The molecule has 0 unspecified atom stereocenters. The van der Waals surface area contributed by atoms with Gasteiger partial charge in [0, 0.05) is 5.56 Å². The van der Waals surface area contributed by atoms with Crippen LogP contribution in [0.3, 0.4) is 0 Å². The summed E-state index contributed by atoms with van der Waals surface area (Å²) in [6, 6.07) is 12.5. The summed E-state index contributed by atoms with van der Waals surface area (Å²) in [6.45, 7) is 7.10. The van der Waals surface area contributed by atoms with E-state index in [0.29, 0.717) is 0 Å². The van der Waals surface area contributed by atoms with Gasteiger partial charge in [-0.25, -0.2) is 8.78 Å². The molecule has 7 nitrogen and oxygen atoms in total. The molecular weight excluding hydrogens is 470 g/mol. The highest BCUT2D eigenvalue weighted by Crippen LogP contribution is 2.31. The molecule has 0 aliphatic heterocycles. The molecule has 0 bridgehead atoms. The van der Waals surface area contributed by atoms with Gasteiger partial charge in [0.15, 0.2) is 11.6 Å².